The van der Waals surface area contributed by atoms with Crippen LogP contribution in [0.2, 0.25) is 0 Å². The van der Waals surface area contributed by atoms with E-state index < -0.39 is 5.54 Å². The van der Waals surface area contributed by atoms with Crippen LogP contribution in [-0.4, -0.2) is 36.4 Å². The zero-order chi connectivity index (χ0) is 14.6. The summed E-state index contributed by atoms with van der Waals surface area (Å²) >= 11 is 0. The van der Waals surface area contributed by atoms with Gasteiger partial charge < -0.3 is 9.47 Å². The summed E-state index contributed by atoms with van der Waals surface area (Å²) in [5.41, 5.74) is -0.773. The van der Waals surface area contributed by atoms with E-state index in [1.54, 1.807) is 0 Å². The number of hydrogen-bond donors (Lipinski definition) is 1. The monoisotopic (exact) mass is 283 g/mol. The van der Waals surface area contributed by atoms with Crippen LogP contribution < -0.4 is 5.32 Å². The van der Waals surface area contributed by atoms with Gasteiger partial charge in [-0.2, -0.15) is 0 Å². The molecule has 4 nitrogen and oxygen atoms in total. The standard InChI is InChI=1S/C16H29NO3/c1-4-15(3)12-16(10-11-20-15,14(18)19-5-2)17-13-8-6-7-9-13/h13,17H,4-12H2,1-3H3. The molecule has 0 spiro atoms. The van der Waals surface area contributed by atoms with Crippen molar-refractivity contribution >= 4 is 5.97 Å². The van der Waals surface area contributed by atoms with Crippen LogP contribution in [0, 0.1) is 0 Å². The van der Waals surface area contributed by atoms with Crippen LogP contribution >= 0.6 is 0 Å². The molecule has 2 unspecified atom stereocenters. The van der Waals surface area contributed by atoms with E-state index in [0.29, 0.717) is 25.7 Å². The molecular weight excluding hydrogens is 254 g/mol. The van der Waals surface area contributed by atoms with Crippen LogP contribution in [0.5, 0.6) is 0 Å². The van der Waals surface area contributed by atoms with E-state index in [2.05, 4.69) is 19.2 Å². The maximum absolute atomic E-state index is 12.6. The van der Waals surface area contributed by atoms with Crippen molar-refractivity contribution in [3.8, 4) is 0 Å². The van der Waals surface area contributed by atoms with Gasteiger partial charge in [-0.05, 0) is 39.5 Å². The third-order valence-electron chi connectivity index (χ3n) is 4.90. The summed E-state index contributed by atoms with van der Waals surface area (Å²) < 4.78 is 11.3. The fourth-order valence-corrected chi connectivity index (χ4v) is 3.56. The first-order chi connectivity index (χ1) is 9.53. The smallest absolute Gasteiger partial charge is 0.326 e. The lowest BCUT2D eigenvalue weighted by Gasteiger charge is -2.46. The summed E-state index contributed by atoms with van der Waals surface area (Å²) in [4.78, 5) is 12.6. The second-order valence-electron chi connectivity index (χ2n) is 6.51. The van der Waals surface area contributed by atoms with Crippen molar-refractivity contribution in [1.29, 1.82) is 0 Å². The molecule has 1 N–H and O–H groups in total. The number of carbonyl (C=O) groups excluding carboxylic acids is 1. The minimum Gasteiger partial charge on any atom is -0.465 e. The number of esters is 1. The summed E-state index contributed by atoms with van der Waals surface area (Å²) in [6.45, 7) is 7.17. The Morgan fingerprint density at radius 1 is 1.35 bits per heavy atom. The van der Waals surface area contributed by atoms with Gasteiger partial charge in [-0.15, -0.1) is 0 Å². The predicted octanol–water partition coefficient (Wildman–Crippen LogP) is 2.80. The van der Waals surface area contributed by atoms with Crippen LogP contribution in [0.4, 0.5) is 0 Å². The molecule has 0 aromatic rings. The molecule has 1 aliphatic carbocycles. The first-order valence-corrected chi connectivity index (χ1v) is 8.12. The summed E-state index contributed by atoms with van der Waals surface area (Å²) in [5.74, 6) is -0.0881. The minimum absolute atomic E-state index is 0.0881. The molecular formula is C16H29NO3. The molecule has 1 saturated heterocycles. The van der Waals surface area contributed by atoms with Gasteiger partial charge in [0.25, 0.3) is 0 Å². The van der Waals surface area contributed by atoms with Gasteiger partial charge in [0.1, 0.15) is 5.54 Å². The van der Waals surface area contributed by atoms with Crippen molar-refractivity contribution in [3.05, 3.63) is 0 Å². The molecule has 0 radical (unpaired) electrons. The fourth-order valence-electron chi connectivity index (χ4n) is 3.56. The first kappa shape index (κ1) is 15.8. The van der Waals surface area contributed by atoms with Gasteiger partial charge in [0, 0.05) is 19.1 Å². The van der Waals surface area contributed by atoms with E-state index in [-0.39, 0.29) is 11.6 Å². The zero-order valence-electron chi connectivity index (χ0n) is 13.2. The molecule has 2 fully saturated rings. The minimum atomic E-state index is -0.548. The number of rotatable bonds is 5. The molecule has 2 aliphatic rings. The van der Waals surface area contributed by atoms with Crippen molar-refractivity contribution in [1.82, 2.24) is 5.32 Å². The van der Waals surface area contributed by atoms with E-state index in [9.17, 15) is 4.79 Å². The van der Waals surface area contributed by atoms with E-state index in [4.69, 9.17) is 9.47 Å². The summed E-state index contributed by atoms with van der Waals surface area (Å²) in [6, 6.07) is 0.457. The second-order valence-corrected chi connectivity index (χ2v) is 6.51. The maximum atomic E-state index is 12.6. The molecule has 1 aliphatic heterocycles. The number of carbonyl (C=O) groups is 1. The van der Waals surface area contributed by atoms with Crippen molar-refractivity contribution < 1.29 is 14.3 Å². The largest absolute Gasteiger partial charge is 0.465 e. The van der Waals surface area contributed by atoms with Gasteiger partial charge in [0.05, 0.1) is 12.2 Å². The molecule has 116 valence electrons. The average Bonchev–Trinajstić information content (AvgIpc) is 2.92. The van der Waals surface area contributed by atoms with Gasteiger partial charge in [-0.1, -0.05) is 19.8 Å². The fraction of sp³-hybridized carbons (Fsp3) is 0.938. The lowest BCUT2D eigenvalue weighted by atomic mass is 9.78. The number of nitrogens with one attached hydrogen (secondary N) is 1. The van der Waals surface area contributed by atoms with Gasteiger partial charge in [0.2, 0.25) is 0 Å². The van der Waals surface area contributed by atoms with Gasteiger partial charge >= 0.3 is 5.97 Å². The Hall–Kier alpha value is -0.610. The predicted molar refractivity (Wildman–Crippen MR) is 78.6 cm³/mol. The Labute approximate surface area is 122 Å². The Morgan fingerprint density at radius 3 is 2.65 bits per heavy atom. The van der Waals surface area contributed by atoms with Gasteiger partial charge in [0.15, 0.2) is 0 Å². The molecule has 2 rings (SSSR count). The van der Waals surface area contributed by atoms with Crippen LogP contribution in [-0.2, 0) is 14.3 Å². The molecule has 1 saturated carbocycles. The maximum Gasteiger partial charge on any atom is 0.326 e. The van der Waals surface area contributed by atoms with Crippen LogP contribution in [0.3, 0.4) is 0 Å². The highest BCUT2D eigenvalue weighted by molar-refractivity contribution is 5.81. The Morgan fingerprint density at radius 2 is 2.05 bits per heavy atom. The SMILES string of the molecule is CCOC(=O)C1(NC2CCCC2)CCOC(C)(CC)C1. The van der Waals surface area contributed by atoms with E-state index in [0.717, 1.165) is 12.8 Å². The second kappa shape index (κ2) is 6.44. The molecule has 0 aromatic carbocycles. The van der Waals surface area contributed by atoms with Crippen molar-refractivity contribution in [2.45, 2.75) is 82.9 Å². The van der Waals surface area contributed by atoms with Crippen molar-refractivity contribution in [2.75, 3.05) is 13.2 Å². The first-order valence-electron chi connectivity index (χ1n) is 8.12. The number of ether oxygens (including phenoxy) is 2. The summed E-state index contributed by atoms with van der Waals surface area (Å²) in [7, 11) is 0. The van der Waals surface area contributed by atoms with Crippen LogP contribution in [0.15, 0.2) is 0 Å². The highest BCUT2D eigenvalue weighted by atomic mass is 16.5. The lowest BCUT2D eigenvalue weighted by Crippen LogP contribution is -2.62. The molecule has 2 atom stereocenters. The molecule has 4 heteroatoms. The third-order valence-corrected chi connectivity index (χ3v) is 4.90. The molecule has 20 heavy (non-hydrogen) atoms. The van der Waals surface area contributed by atoms with Gasteiger partial charge in [-0.25, -0.2) is 0 Å². The Kier molecular flexibility index (Phi) is 5.08. The highest BCUT2D eigenvalue weighted by Crippen LogP contribution is 2.37. The van der Waals surface area contributed by atoms with Crippen molar-refractivity contribution in [2.24, 2.45) is 0 Å². The topological polar surface area (TPSA) is 47.6 Å². The quantitative estimate of drug-likeness (QED) is 0.788. The highest BCUT2D eigenvalue weighted by Gasteiger charge is 2.49. The van der Waals surface area contributed by atoms with E-state index in [1.165, 1.54) is 25.7 Å². The van der Waals surface area contributed by atoms with E-state index in [1.807, 2.05) is 6.92 Å². The van der Waals surface area contributed by atoms with Crippen LogP contribution in [0.1, 0.15) is 65.7 Å². The molecule has 0 amide bonds. The van der Waals surface area contributed by atoms with Crippen molar-refractivity contribution in [3.63, 3.8) is 0 Å². The normalized spacial score (nSPS) is 35.1. The Bertz CT molecular complexity index is 341. The summed E-state index contributed by atoms with van der Waals surface area (Å²) in [6.07, 6.45) is 7.22. The third kappa shape index (κ3) is 3.34. The van der Waals surface area contributed by atoms with Gasteiger partial charge in [-0.3, -0.25) is 10.1 Å². The Balaban J connectivity index is 2.16. The zero-order valence-corrected chi connectivity index (χ0v) is 13.2. The summed E-state index contributed by atoms with van der Waals surface area (Å²) in [5, 5.41) is 3.65. The average molecular weight is 283 g/mol. The lowest BCUT2D eigenvalue weighted by molar-refractivity contribution is -0.167. The van der Waals surface area contributed by atoms with E-state index >= 15 is 0 Å². The molecule has 0 aromatic heterocycles. The molecule has 1 heterocycles. The number of hydrogen-bond acceptors (Lipinski definition) is 4. The van der Waals surface area contributed by atoms with Crippen LogP contribution in [0.25, 0.3) is 0 Å². The molecule has 0 bridgehead atoms.